The van der Waals surface area contributed by atoms with E-state index in [2.05, 4.69) is 54.0 Å². The van der Waals surface area contributed by atoms with Gasteiger partial charge >= 0.3 is 5.97 Å². The molecule has 1 aliphatic heterocycles. The zero-order valence-electron chi connectivity index (χ0n) is 20.4. The molecule has 0 saturated carbocycles. The summed E-state index contributed by atoms with van der Waals surface area (Å²) in [5.41, 5.74) is 8.03. The number of ether oxygens (including phenoxy) is 3. The Morgan fingerprint density at radius 3 is 2.77 bits per heavy atom. The van der Waals surface area contributed by atoms with E-state index in [4.69, 9.17) is 19.2 Å². The first-order chi connectivity index (χ1) is 17.1. The standard InChI is InChI=1S/C29H30N2O4/c1-19-21(13-11-20-12-14-23-22(16-29(32)34-3)17-35-27(23)15-20)7-6-10-25(19)31-26-9-5-4-8-24(26)30-28(31)18-33-2/h4-10,12,14-15,22H,11,13,16-18H2,1-3H3/t22-/m1/s1. The normalized spacial score (nSPS) is 14.7. The Morgan fingerprint density at radius 1 is 1.09 bits per heavy atom. The number of hydrogen-bond donors (Lipinski definition) is 0. The first-order valence-electron chi connectivity index (χ1n) is 12.0. The second kappa shape index (κ2) is 9.92. The van der Waals surface area contributed by atoms with E-state index in [1.165, 1.54) is 23.8 Å². The summed E-state index contributed by atoms with van der Waals surface area (Å²) < 4.78 is 18.4. The summed E-state index contributed by atoms with van der Waals surface area (Å²) in [4.78, 5) is 16.5. The molecule has 180 valence electrons. The second-order valence-corrected chi connectivity index (χ2v) is 9.01. The highest BCUT2D eigenvalue weighted by molar-refractivity contribution is 5.78. The minimum absolute atomic E-state index is 0.0664. The van der Waals surface area contributed by atoms with Crippen LogP contribution in [0, 0.1) is 6.92 Å². The quantitative estimate of drug-likeness (QED) is 0.327. The van der Waals surface area contributed by atoms with Crippen LogP contribution in [-0.2, 0) is 33.7 Å². The summed E-state index contributed by atoms with van der Waals surface area (Å²) in [6, 6.07) is 21.0. The number of hydrogen-bond acceptors (Lipinski definition) is 5. The highest BCUT2D eigenvalue weighted by atomic mass is 16.5. The van der Waals surface area contributed by atoms with Crippen LogP contribution in [0.1, 0.15) is 40.4 Å². The van der Waals surface area contributed by atoms with Crippen LogP contribution in [0.25, 0.3) is 16.7 Å². The van der Waals surface area contributed by atoms with E-state index >= 15 is 0 Å². The van der Waals surface area contributed by atoms with E-state index in [1.807, 2.05) is 18.2 Å². The van der Waals surface area contributed by atoms with Crippen LogP contribution < -0.4 is 4.74 Å². The average Bonchev–Trinajstić information content (AvgIpc) is 3.44. The Morgan fingerprint density at radius 2 is 1.94 bits per heavy atom. The molecule has 35 heavy (non-hydrogen) atoms. The minimum Gasteiger partial charge on any atom is -0.493 e. The summed E-state index contributed by atoms with van der Waals surface area (Å²) in [5, 5.41) is 0. The van der Waals surface area contributed by atoms with Crippen molar-refractivity contribution in [1.29, 1.82) is 0 Å². The highest BCUT2D eigenvalue weighted by Crippen LogP contribution is 2.37. The van der Waals surface area contributed by atoms with Crippen LogP contribution in [0.5, 0.6) is 5.75 Å². The second-order valence-electron chi connectivity index (χ2n) is 9.01. The SMILES string of the molecule is COCc1nc2ccccc2n1-c1cccc(CCc2ccc3c(c2)OC[C@H]3CC(=O)OC)c1C. The number of esters is 1. The van der Waals surface area contributed by atoms with Crippen molar-refractivity contribution in [3.63, 3.8) is 0 Å². The molecule has 0 radical (unpaired) electrons. The molecule has 0 unspecified atom stereocenters. The summed E-state index contributed by atoms with van der Waals surface area (Å²) in [7, 11) is 3.12. The molecule has 0 spiro atoms. The molecule has 1 aliphatic rings. The minimum atomic E-state index is -0.204. The van der Waals surface area contributed by atoms with E-state index in [0.717, 1.165) is 46.7 Å². The third-order valence-corrected chi connectivity index (χ3v) is 6.84. The lowest BCUT2D eigenvalue weighted by Gasteiger charge is -2.15. The van der Waals surface area contributed by atoms with E-state index in [1.54, 1.807) is 7.11 Å². The monoisotopic (exact) mass is 470 g/mol. The molecule has 2 heterocycles. The Labute approximate surface area is 205 Å². The van der Waals surface area contributed by atoms with E-state index in [-0.39, 0.29) is 11.9 Å². The summed E-state index contributed by atoms with van der Waals surface area (Å²) in [6.07, 6.45) is 2.16. The average molecular weight is 471 g/mol. The van der Waals surface area contributed by atoms with Crippen LogP contribution in [0.2, 0.25) is 0 Å². The largest absolute Gasteiger partial charge is 0.493 e. The molecule has 4 aromatic rings. The van der Waals surface area contributed by atoms with Gasteiger partial charge < -0.3 is 14.2 Å². The number of rotatable bonds is 8. The number of carbonyl (C=O) groups excluding carboxylic acids is 1. The van der Waals surface area contributed by atoms with E-state index in [9.17, 15) is 4.79 Å². The van der Waals surface area contributed by atoms with Crippen molar-refractivity contribution in [2.45, 2.75) is 38.7 Å². The summed E-state index contributed by atoms with van der Waals surface area (Å²) in [5.74, 6) is 1.64. The van der Waals surface area contributed by atoms with E-state index < -0.39 is 0 Å². The fraction of sp³-hybridized carbons (Fsp3) is 0.310. The fourth-order valence-electron chi connectivity index (χ4n) is 4.96. The molecule has 0 saturated heterocycles. The summed E-state index contributed by atoms with van der Waals surface area (Å²) >= 11 is 0. The van der Waals surface area contributed by atoms with Gasteiger partial charge in [0, 0.05) is 18.6 Å². The molecular weight excluding hydrogens is 440 g/mol. The van der Waals surface area contributed by atoms with Crippen molar-refractivity contribution in [1.82, 2.24) is 9.55 Å². The van der Waals surface area contributed by atoms with Crippen molar-refractivity contribution < 1.29 is 19.0 Å². The van der Waals surface area contributed by atoms with Gasteiger partial charge in [-0.1, -0.05) is 36.4 Å². The Balaban J connectivity index is 1.38. The first kappa shape index (κ1) is 23.1. The molecule has 0 fully saturated rings. The van der Waals surface area contributed by atoms with Crippen molar-refractivity contribution in [2.24, 2.45) is 0 Å². The lowest BCUT2D eigenvalue weighted by Crippen LogP contribution is -2.09. The number of imidazole rings is 1. The molecular formula is C29H30N2O4. The van der Waals surface area contributed by atoms with Gasteiger partial charge in [-0.3, -0.25) is 9.36 Å². The van der Waals surface area contributed by atoms with Crippen molar-refractivity contribution in [3.8, 4) is 11.4 Å². The number of para-hydroxylation sites is 2. The Hall–Kier alpha value is -3.64. The molecule has 1 atom stereocenters. The predicted octanol–water partition coefficient (Wildman–Crippen LogP) is 5.30. The fourth-order valence-corrected chi connectivity index (χ4v) is 4.96. The van der Waals surface area contributed by atoms with Crippen LogP contribution >= 0.6 is 0 Å². The zero-order valence-corrected chi connectivity index (χ0v) is 20.4. The molecule has 0 amide bonds. The predicted molar refractivity (Wildman–Crippen MR) is 135 cm³/mol. The number of methoxy groups -OCH3 is 2. The molecule has 5 rings (SSSR count). The molecule has 1 aromatic heterocycles. The third-order valence-electron chi connectivity index (χ3n) is 6.84. The Kier molecular flexibility index (Phi) is 6.55. The van der Waals surface area contributed by atoms with Crippen LogP contribution in [0.15, 0.2) is 60.7 Å². The van der Waals surface area contributed by atoms with Gasteiger partial charge in [0.25, 0.3) is 0 Å². The maximum atomic E-state index is 11.7. The smallest absolute Gasteiger partial charge is 0.306 e. The molecule has 0 bridgehead atoms. The van der Waals surface area contributed by atoms with Crippen LogP contribution in [0.4, 0.5) is 0 Å². The van der Waals surface area contributed by atoms with Gasteiger partial charge in [0.2, 0.25) is 0 Å². The van der Waals surface area contributed by atoms with Gasteiger partial charge in [0.15, 0.2) is 0 Å². The van der Waals surface area contributed by atoms with Gasteiger partial charge in [0.05, 0.1) is 36.9 Å². The molecule has 0 N–H and O–H groups in total. The number of nitrogens with zero attached hydrogens (tertiary/aromatic N) is 2. The maximum Gasteiger partial charge on any atom is 0.306 e. The number of benzene rings is 3. The number of fused-ring (bicyclic) bond motifs is 2. The lowest BCUT2D eigenvalue weighted by atomic mass is 9.94. The molecule has 0 aliphatic carbocycles. The zero-order chi connectivity index (χ0) is 24.4. The number of carbonyl (C=O) groups is 1. The molecule has 6 nitrogen and oxygen atoms in total. The van der Waals surface area contributed by atoms with E-state index in [0.29, 0.717) is 19.6 Å². The Bertz CT molecular complexity index is 1370. The van der Waals surface area contributed by atoms with Crippen LogP contribution in [0.3, 0.4) is 0 Å². The number of aryl methyl sites for hydroxylation is 2. The van der Waals surface area contributed by atoms with Gasteiger partial charge in [-0.25, -0.2) is 4.98 Å². The van der Waals surface area contributed by atoms with Gasteiger partial charge in [-0.05, 0) is 60.7 Å². The van der Waals surface area contributed by atoms with Gasteiger partial charge in [0.1, 0.15) is 18.2 Å². The first-order valence-corrected chi connectivity index (χ1v) is 12.0. The van der Waals surface area contributed by atoms with Crippen molar-refractivity contribution in [3.05, 3.63) is 88.7 Å². The lowest BCUT2D eigenvalue weighted by molar-refractivity contribution is -0.141. The molecule has 6 heteroatoms. The van der Waals surface area contributed by atoms with Gasteiger partial charge in [-0.15, -0.1) is 0 Å². The number of aromatic nitrogens is 2. The third kappa shape index (κ3) is 4.54. The van der Waals surface area contributed by atoms with Crippen molar-refractivity contribution >= 4 is 17.0 Å². The van der Waals surface area contributed by atoms with Crippen molar-refractivity contribution in [2.75, 3.05) is 20.8 Å². The topological polar surface area (TPSA) is 62.6 Å². The molecule has 3 aromatic carbocycles. The summed E-state index contributed by atoms with van der Waals surface area (Å²) in [6.45, 7) is 3.15. The van der Waals surface area contributed by atoms with Crippen LogP contribution in [-0.4, -0.2) is 36.3 Å². The highest BCUT2D eigenvalue weighted by Gasteiger charge is 2.27. The van der Waals surface area contributed by atoms with Gasteiger partial charge in [-0.2, -0.15) is 0 Å². The maximum absolute atomic E-state index is 11.7.